The molecule has 1 N–H and O–H groups in total. The molecule has 0 radical (unpaired) electrons. The van der Waals surface area contributed by atoms with Gasteiger partial charge in [0.1, 0.15) is 25.4 Å². The molecule has 7 heteroatoms. The van der Waals surface area contributed by atoms with Crippen LogP contribution < -0.4 is 25.3 Å². The summed E-state index contributed by atoms with van der Waals surface area (Å²) in [6.07, 6.45) is 3.36. The van der Waals surface area contributed by atoms with Crippen LogP contribution in [0.3, 0.4) is 0 Å². The van der Waals surface area contributed by atoms with Crippen molar-refractivity contribution in [3.05, 3.63) is 227 Å². The summed E-state index contributed by atoms with van der Waals surface area (Å²) >= 11 is 0. The molecule has 11 aromatic carbocycles. The zero-order valence-corrected chi connectivity index (χ0v) is 49.9. The lowest BCUT2D eigenvalue weighted by Gasteiger charge is -2.19. The Balaban J connectivity index is 0.000000128. The molecule has 0 saturated heterocycles. The Hall–Kier alpha value is -9.07. The van der Waals surface area contributed by atoms with Gasteiger partial charge < -0.3 is 24.5 Å². The van der Waals surface area contributed by atoms with Crippen LogP contribution in [0.4, 0.5) is 5.69 Å². The number of hydrogen-bond acceptors (Lipinski definition) is 5. The van der Waals surface area contributed by atoms with Crippen LogP contribution in [0.2, 0.25) is 0 Å². The topological polar surface area (TPSA) is 88.6 Å². The fraction of sp³-hybridized carbons (Fsp3) is 0.224. The van der Waals surface area contributed by atoms with Gasteiger partial charge in [0, 0.05) is 66.6 Å². The van der Waals surface area contributed by atoms with Gasteiger partial charge in [0.2, 0.25) is 5.36 Å². The van der Waals surface area contributed by atoms with E-state index < -0.39 is 5.97 Å². The summed E-state index contributed by atoms with van der Waals surface area (Å²) in [5, 5.41) is 32.9. The van der Waals surface area contributed by atoms with Crippen molar-refractivity contribution >= 4 is 93.2 Å². The highest BCUT2D eigenvalue weighted by Gasteiger charge is 2.21. The zero-order chi connectivity index (χ0) is 58.6. The molecule has 0 aromatic heterocycles. The van der Waals surface area contributed by atoms with Gasteiger partial charge in [0.15, 0.2) is 0 Å². The van der Waals surface area contributed by atoms with Gasteiger partial charge in [-0.05, 0) is 154 Å². The molecule has 11 aromatic rings. The first-order chi connectivity index (χ1) is 40.0. The number of anilines is 1. The molecule has 0 bridgehead atoms. The fourth-order valence-electron chi connectivity index (χ4n) is 11.9. The molecule has 1 amide bonds. The van der Waals surface area contributed by atoms with E-state index in [-0.39, 0.29) is 11.5 Å². The lowest BCUT2D eigenvalue weighted by atomic mass is 9.89. The summed E-state index contributed by atoms with van der Waals surface area (Å²) in [5.74, 6) is 1.51. The SMILES string of the molecule is CC(C)Cc1cc2ccc3cccc4ccc(c1)c2c34.CC(C)Cc1cc2cccc3ccc4cccc1c4c32.CN(C)c1ccc2c(-c3ccccc3C(=O)[O-])c3ccc(=[N+](C)C)cc-3oc2c1.CNC(=O)c1ccc(CC(C)C)cc1. The second kappa shape index (κ2) is 24.6. The maximum absolute atomic E-state index is 11.8. The average Bonchev–Trinajstić information content (AvgIpc) is 2.33. The minimum atomic E-state index is -1.20. The quantitative estimate of drug-likeness (QED) is 0.0837. The predicted molar refractivity (Wildman–Crippen MR) is 350 cm³/mol. The molecule has 0 atom stereocenters. The predicted octanol–water partition coefficient (Wildman–Crippen LogP) is 16.5. The third-order valence-electron chi connectivity index (χ3n) is 15.6. The molecule has 1 aliphatic heterocycles. The van der Waals surface area contributed by atoms with Gasteiger partial charge >= 0.3 is 0 Å². The number of nitrogens with one attached hydrogen (secondary N) is 1. The van der Waals surface area contributed by atoms with E-state index in [1.807, 2.05) is 110 Å². The second-order valence-electron chi connectivity index (χ2n) is 23.7. The molecule has 1 heterocycles. The van der Waals surface area contributed by atoms with Crippen LogP contribution in [-0.4, -0.2) is 47.1 Å². The lowest BCUT2D eigenvalue weighted by Crippen LogP contribution is -2.23. The van der Waals surface area contributed by atoms with E-state index in [1.54, 1.807) is 19.2 Å². The Labute approximate surface area is 488 Å². The number of benzene rings is 12. The number of rotatable bonds is 10. The molecule has 0 fully saturated rings. The molecule has 2 aliphatic rings. The highest BCUT2D eigenvalue weighted by molar-refractivity contribution is 6.24. The van der Waals surface area contributed by atoms with Crippen LogP contribution in [0.1, 0.15) is 78.9 Å². The molecule has 0 unspecified atom stereocenters. The Kier molecular flexibility index (Phi) is 16.9. The van der Waals surface area contributed by atoms with E-state index in [0.29, 0.717) is 34.7 Å². The Morgan fingerprint density at radius 3 is 1.61 bits per heavy atom. The van der Waals surface area contributed by atoms with Crippen LogP contribution in [0.25, 0.3) is 98.1 Å². The molecule has 83 heavy (non-hydrogen) atoms. The molecule has 0 saturated carbocycles. The van der Waals surface area contributed by atoms with Crippen molar-refractivity contribution in [2.75, 3.05) is 40.1 Å². The van der Waals surface area contributed by atoms with Gasteiger partial charge in [0.05, 0.1) is 12.0 Å². The van der Waals surface area contributed by atoms with Crippen LogP contribution in [0.5, 0.6) is 0 Å². The van der Waals surface area contributed by atoms with Crippen LogP contribution in [0, 0.1) is 17.8 Å². The summed E-state index contributed by atoms with van der Waals surface area (Å²) < 4.78 is 8.28. The van der Waals surface area contributed by atoms with Gasteiger partial charge in [-0.15, -0.1) is 0 Å². The minimum absolute atomic E-state index is 0.0268. The largest absolute Gasteiger partial charge is 0.545 e. The number of amides is 1. The monoisotopic (exact) mass is 1090 g/mol. The van der Waals surface area contributed by atoms with Crippen molar-refractivity contribution in [2.24, 2.45) is 17.8 Å². The highest BCUT2D eigenvalue weighted by atomic mass is 16.4. The first kappa shape index (κ1) is 57.2. The average molecular weight is 1090 g/mol. The summed E-state index contributed by atoms with van der Waals surface area (Å²) in [7, 11) is 9.53. The van der Waals surface area contributed by atoms with Gasteiger partial charge in [-0.1, -0.05) is 187 Å². The van der Waals surface area contributed by atoms with Crippen LogP contribution in [-0.2, 0) is 19.3 Å². The highest BCUT2D eigenvalue weighted by Crippen LogP contribution is 2.43. The first-order valence-electron chi connectivity index (χ1n) is 29.1. The lowest BCUT2D eigenvalue weighted by molar-refractivity contribution is -0.254. The maximum atomic E-state index is 11.8. The van der Waals surface area contributed by atoms with E-state index in [4.69, 9.17) is 4.42 Å². The Bertz CT molecular complexity index is 4420. The van der Waals surface area contributed by atoms with E-state index in [1.165, 1.54) is 81.3 Å². The smallest absolute Gasteiger partial charge is 0.251 e. The van der Waals surface area contributed by atoms with Gasteiger partial charge in [-0.3, -0.25) is 4.79 Å². The molecular weight excluding hydrogens is 1020 g/mol. The number of carboxylic acid groups (broad SMARTS) is 1. The first-order valence-corrected chi connectivity index (χ1v) is 29.1. The number of hydrogen-bond donors (Lipinski definition) is 1. The number of aromatic carboxylic acids is 1. The van der Waals surface area contributed by atoms with E-state index in [0.717, 1.165) is 52.4 Å². The minimum Gasteiger partial charge on any atom is -0.545 e. The van der Waals surface area contributed by atoms with E-state index in [9.17, 15) is 14.7 Å². The van der Waals surface area contributed by atoms with Crippen LogP contribution in [0.15, 0.2) is 199 Å². The van der Waals surface area contributed by atoms with Gasteiger partial charge in [0.25, 0.3) is 5.91 Å². The summed E-state index contributed by atoms with van der Waals surface area (Å²) in [5.41, 5.74) is 9.11. The van der Waals surface area contributed by atoms with Crippen molar-refractivity contribution < 1.29 is 19.1 Å². The standard InChI is InChI=1S/C24H22N2O3.2C20H18.C12H17NO/c1-25(2)15-9-11-19-21(13-15)29-22-14-16(26(3)4)10-12-20(22)23(19)17-7-5-6-8-18(17)24(27)28;1-13(2)11-17-12-16-7-3-5-14-9-10-15-6-4-8-18(17)20(15)19(14)16;1-13(2)10-14-11-17-8-6-15-4-3-5-16-7-9-18(12-14)20(17)19(15)16;1-9(2)8-10-4-6-11(7-5-10)12(14)13-3/h5-14H,1-4H3;3-10,12-13H,11H2,1-2H3;3-9,11-13H,10H2,1-2H3;4-7,9H,8H2,1-3H3,(H,13,14). The Morgan fingerprint density at radius 1 is 0.506 bits per heavy atom. The third-order valence-corrected chi connectivity index (χ3v) is 15.6. The zero-order valence-electron chi connectivity index (χ0n) is 49.9. The summed E-state index contributed by atoms with van der Waals surface area (Å²) in [6.45, 7) is 13.5. The fourth-order valence-corrected chi connectivity index (χ4v) is 11.9. The van der Waals surface area contributed by atoms with Crippen molar-refractivity contribution in [3.63, 3.8) is 0 Å². The Morgan fingerprint density at radius 2 is 1.04 bits per heavy atom. The summed E-state index contributed by atoms with van der Waals surface area (Å²) in [6, 6.07) is 67.2. The number of carboxylic acids is 1. The number of fused-ring (bicyclic) bond motifs is 2. The molecule has 13 rings (SSSR count). The number of nitrogens with zero attached hydrogens (tertiary/aromatic N) is 2. The number of carbonyl (C=O) groups excluding carboxylic acids is 2. The molecule has 0 spiro atoms. The molecular formula is C76H75N3O4. The maximum Gasteiger partial charge on any atom is 0.251 e. The molecule has 418 valence electrons. The second-order valence-corrected chi connectivity index (χ2v) is 23.7. The van der Waals surface area contributed by atoms with Crippen molar-refractivity contribution in [3.8, 4) is 22.5 Å². The summed E-state index contributed by atoms with van der Waals surface area (Å²) in [4.78, 5) is 25.0. The third kappa shape index (κ3) is 12.3. The van der Waals surface area contributed by atoms with Crippen LogP contribution >= 0.6 is 0 Å². The van der Waals surface area contributed by atoms with Gasteiger partial charge in [-0.25, -0.2) is 4.58 Å². The molecule has 1 aliphatic carbocycles. The molecule has 7 nitrogen and oxygen atoms in total. The van der Waals surface area contributed by atoms with Crippen molar-refractivity contribution in [2.45, 2.75) is 60.8 Å². The van der Waals surface area contributed by atoms with Crippen molar-refractivity contribution in [1.29, 1.82) is 0 Å². The van der Waals surface area contributed by atoms with E-state index >= 15 is 0 Å². The number of carbonyl (C=O) groups is 2. The normalized spacial score (nSPS) is 11.4. The van der Waals surface area contributed by atoms with E-state index in [2.05, 4.69) is 156 Å². The van der Waals surface area contributed by atoms with Crippen molar-refractivity contribution in [1.82, 2.24) is 9.89 Å². The van der Waals surface area contributed by atoms with Gasteiger partial charge in [-0.2, -0.15) is 0 Å².